The Bertz CT molecular complexity index is 1130. The molecule has 0 aliphatic heterocycles. The van der Waals surface area contributed by atoms with Crippen molar-refractivity contribution >= 4 is 34.0 Å². The first-order valence-corrected chi connectivity index (χ1v) is 8.96. The number of para-hydroxylation sites is 1. The van der Waals surface area contributed by atoms with Crippen LogP contribution in [0.2, 0.25) is 5.02 Å². The standard InChI is InChI=1S/C22H18ClN3O/c1-14-6-5-7-15(12-14)21-25-19-9-4-3-8-17(19)22(26-21)24-16-10-11-20(27-2)18(23)13-16/h3-13H,1-2H3,(H,24,25,26). The summed E-state index contributed by atoms with van der Waals surface area (Å²) in [7, 11) is 1.60. The number of nitrogens with zero attached hydrogens (tertiary/aromatic N) is 2. The molecule has 0 saturated carbocycles. The van der Waals surface area contributed by atoms with Crippen LogP contribution in [0.3, 0.4) is 0 Å². The minimum absolute atomic E-state index is 0.541. The van der Waals surface area contributed by atoms with Gasteiger partial charge >= 0.3 is 0 Å². The number of fused-ring (bicyclic) bond motifs is 1. The number of halogens is 1. The molecule has 4 nitrogen and oxygen atoms in total. The number of nitrogens with one attached hydrogen (secondary N) is 1. The Morgan fingerprint density at radius 2 is 1.78 bits per heavy atom. The number of hydrogen-bond donors (Lipinski definition) is 1. The topological polar surface area (TPSA) is 47.0 Å². The Hall–Kier alpha value is -3.11. The second-order valence-electron chi connectivity index (χ2n) is 6.26. The zero-order chi connectivity index (χ0) is 18.8. The van der Waals surface area contributed by atoms with Gasteiger partial charge in [0.05, 0.1) is 17.6 Å². The molecule has 0 bridgehead atoms. The van der Waals surface area contributed by atoms with Crippen molar-refractivity contribution in [2.24, 2.45) is 0 Å². The molecule has 0 fully saturated rings. The number of methoxy groups -OCH3 is 1. The molecular formula is C22H18ClN3O. The maximum Gasteiger partial charge on any atom is 0.162 e. The van der Waals surface area contributed by atoms with Crippen LogP contribution >= 0.6 is 11.6 Å². The van der Waals surface area contributed by atoms with Crippen LogP contribution in [0.15, 0.2) is 66.7 Å². The van der Waals surface area contributed by atoms with Crippen LogP contribution < -0.4 is 10.1 Å². The van der Waals surface area contributed by atoms with Crippen molar-refractivity contribution in [2.45, 2.75) is 6.92 Å². The van der Waals surface area contributed by atoms with Gasteiger partial charge in [0.1, 0.15) is 11.6 Å². The lowest BCUT2D eigenvalue weighted by atomic mass is 10.1. The summed E-state index contributed by atoms with van der Waals surface area (Å²) in [6.45, 7) is 2.06. The van der Waals surface area contributed by atoms with Crippen LogP contribution in [0, 0.1) is 6.92 Å². The first-order chi connectivity index (χ1) is 13.1. The molecule has 0 amide bonds. The lowest BCUT2D eigenvalue weighted by Gasteiger charge is -2.12. The van der Waals surface area contributed by atoms with Gasteiger partial charge in [-0.25, -0.2) is 9.97 Å². The average Bonchev–Trinajstić information content (AvgIpc) is 2.68. The third-order valence-corrected chi connectivity index (χ3v) is 4.59. The molecule has 1 heterocycles. The normalized spacial score (nSPS) is 10.8. The molecule has 0 radical (unpaired) electrons. The number of hydrogen-bond acceptors (Lipinski definition) is 4. The number of ether oxygens (including phenoxy) is 1. The van der Waals surface area contributed by atoms with Crippen LogP contribution in [0.1, 0.15) is 5.56 Å². The second-order valence-corrected chi connectivity index (χ2v) is 6.66. The zero-order valence-corrected chi connectivity index (χ0v) is 15.8. The summed E-state index contributed by atoms with van der Waals surface area (Å²) < 4.78 is 5.22. The van der Waals surface area contributed by atoms with Crippen molar-refractivity contribution in [2.75, 3.05) is 12.4 Å². The summed E-state index contributed by atoms with van der Waals surface area (Å²) in [5, 5.41) is 4.86. The molecule has 1 aromatic heterocycles. The molecule has 1 N–H and O–H groups in total. The monoisotopic (exact) mass is 375 g/mol. The Labute approximate surface area is 162 Å². The average molecular weight is 376 g/mol. The molecule has 0 spiro atoms. The molecule has 27 heavy (non-hydrogen) atoms. The van der Waals surface area contributed by atoms with Gasteiger partial charge in [0.15, 0.2) is 5.82 Å². The van der Waals surface area contributed by atoms with E-state index >= 15 is 0 Å². The Morgan fingerprint density at radius 1 is 0.926 bits per heavy atom. The van der Waals surface area contributed by atoms with Crippen LogP contribution in [0.5, 0.6) is 5.75 Å². The van der Waals surface area contributed by atoms with Gasteiger partial charge in [0.2, 0.25) is 0 Å². The van der Waals surface area contributed by atoms with Crippen molar-refractivity contribution in [1.29, 1.82) is 0 Å². The van der Waals surface area contributed by atoms with Gasteiger partial charge in [0, 0.05) is 16.6 Å². The lowest BCUT2D eigenvalue weighted by Crippen LogP contribution is -1.99. The van der Waals surface area contributed by atoms with Gasteiger partial charge < -0.3 is 10.1 Å². The SMILES string of the molecule is COc1ccc(Nc2nc(-c3cccc(C)c3)nc3ccccc23)cc1Cl. The van der Waals surface area contributed by atoms with Gasteiger partial charge in [0.25, 0.3) is 0 Å². The summed E-state index contributed by atoms with van der Waals surface area (Å²) in [6, 6.07) is 21.7. The highest BCUT2D eigenvalue weighted by Crippen LogP contribution is 2.31. The van der Waals surface area contributed by atoms with E-state index in [-0.39, 0.29) is 0 Å². The summed E-state index contributed by atoms with van der Waals surface area (Å²) >= 11 is 6.26. The highest BCUT2D eigenvalue weighted by molar-refractivity contribution is 6.32. The van der Waals surface area contributed by atoms with Crippen LogP contribution in [-0.2, 0) is 0 Å². The van der Waals surface area contributed by atoms with E-state index in [9.17, 15) is 0 Å². The molecule has 0 atom stereocenters. The van der Waals surface area contributed by atoms with Gasteiger partial charge in [-0.2, -0.15) is 0 Å². The highest BCUT2D eigenvalue weighted by atomic mass is 35.5. The molecule has 4 rings (SSSR count). The van der Waals surface area contributed by atoms with Crippen molar-refractivity contribution in [3.63, 3.8) is 0 Å². The van der Waals surface area contributed by atoms with Gasteiger partial charge in [-0.15, -0.1) is 0 Å². The molecule has 0 aliphatic rings. The minimum atomic E-state index is 0.541. The number of aromatic nitrogens is 2. The van der Waals surface area contributed by atoms with E-state index in [1.165, 1.54) is 5.56 Å². The first-order valence-electron chi connectivity index (χ1n) is 8.58. The Kier molecular flexibility index (Phi) is 4.65. The van der Waals surface area contributed by atoms with E-state index in [2.05, 4.69) is 24.4 Å². The van der Waals surface area contributed by atoms with Crippen LogP contribution in [0.25, 0.3) is 22.3 Å². The molecule has 4 aromatic rings. The zero-order valence-electron chi connectivity index (χ0n) is 15.0. The van der Waals surface area contributed by atoms with Crippen molar-refractivity contribution in [3.05, 3.63) is 77.3 Å². The summed E-state index contributed by atoms with van der Waals surface area (Å²) in [5.41, 5.74) is 3.86. The molecule has 0 aliphatic carbocycles. The van der Waals surface area contributed by atoms with Crippen LogP contribution in [-0.4, -0.2) is 17.1 Å². The fourth-order valence-corrected chi connectivity index (χ4v) is 3.22. The quantitative estimate of drug-likeness (QED) is 0.474. The van der Waals surface area contributed by atoms with Crippen molar-refractivity contribution < 1.29 is 4.74 Å². The molecular weight excluding hydrogens is 358 g/mol. The number of aryl methyl sites for hydroxylation is 1. The third-order valence-electron chi connectivity index (χ3n) is 4.29. The molecule has 3 aromatic carbocycles. The molecule has 0 unspecified atom stereocenters. The minimum Gasteiger partial charge on any atom is -0.495 e. The molecule has 134 valence electrons. The van der Waals surface area contributed by atoms with Gasteiger partial charge in [-0.05, 0) is 43.3 Å². The molecule has 5 heteroatoms. The van der Waals surface area contributed by atoms with E-state index in [0.29, 0.717) is 16.6 Å². The predicted octanol–water partition coefficient (Wildman–Crippen LogP) is 6.01. The van der Waals surface area contributed by atoms with E-state index in [4.69, 9.17) is 26.3 Å². The van der Waals surface area contributed by atoms with Crippen molar-refractivity contribution in [3.8, 4) is 17.1 Å². The third kappa shape index (κ3) is 3.57. The van der Waals surface area contributed by atoms with E-state index in [1.807, 2.05) is 54.6 Å². The Balaban J connectivity index is 1.82. The summed E-state index contributed by atoms with van der Waals surface area (Å²) in [6.07, 6.45) is 0. The first kappa shape index (κ1) is 17.3. The summed E-state index contributed by atoms with van der Waals surface area (Å²) in [5.74, 6) is 2.05. The lowest BCUT2D eigenvalue weighted by molar-refractivity contribution is 0.415. The highest BCUT2D eigenvalue weighted by Gasteiger charge is 2.11. The molecule has 0 saturated heterocycles. The number of benzene rings is 3. The fourth-order valence-electron chi connectivity index (χ4n) is 2.97. The maximum absolute atomic E-state index is 6.26. The second kappa shape index (κ2) is 7.25. The van der Waals surface area contributed by atoms with E-state index < -0.39 is 0 Å². The van der Waals surface area contributed by atoms with Crippen molar-refractivity contribution in [1.82, 2.24) is 9.97 Å². The smallest absolute Gasteiger partial charge is 0.162 e. The largest absolute Gasteiger partial charge is 0.495 e. The number of rotatable bonds is 4. The maximum atomic E-state index is 6.26. The summed E-state index contributed by atoms with van der Waals surface area (Å²) in [4.78, 5) is 9.52. The van der Waals surface area contributed by atoms with Gasteiger partial charge in [-0.3, -0.25) is 0 Å². The predicted molar refractivity (Wildman–Crippen MR) is 111 cm³/mol. The van der Waals surface area contributed by atoms with E-state index in [0.717, 1.165) is 28.0 Å². The van der Waals surface area contributed by atoms with Crippen LogP contribution in [0.4, 0.5) is 11.5 Å². The fraction of sp³-hybridized carbons (Fsp3) is 0.0909. The Morgan fingerprint density at radius 3 is 2.56 bits per heavy atom. The van der Waals surface area contributed by atoms with Gasteiger partial charge in [-0.1, -0.05) is 47.5 Å². The van der Waals surface area contributed by atoms with E-state index in [1.54, 1.807) is 7.11 Å². The number of anilines is 2.